The van der Waals surface area contributed by atoms with Gasteiger partial charge < -0.3 is 19.7 Å². The molecule has 0 saturated heterocycles. The Morgan fingerprint density at radius 2 is 1.65 bits per heavy atom. The van der Waals surface area contributed by atoms with E-state index in [0.29, 0.717) is 23.2 Å². The van der Waals surface area contributed by atoms with Gasteiger partial charge in [0, 0.05) is 28.7 Å². The lowest BCUT2D eigenvalue weighted by Gasteiger charge is -2.16. The predicted octanol–water partition coefficient (Wildman–Crippen LogP) is 8.06. The Labute approximate surface area is 246 Å². The third kappa shape index (κ3) is 6.40. The van der Waals surface area contributed by atoms with Gasteiger partial charge >= 0.3 is 12.3 Å². The van der Waals surface area contributed by atoms with Crippen molar-refractivity contribution < 1.29 is 32.6 Å². The minimum Gasteiger partial charge on any atom is -0.478 e. The first-order chi connectivity index (χ1) is 20.4. The lowest BCUT2D eigenvalue weighted by atomic mass is 9.99. The molecular weight excluding hydrogens is 557 g/mol. The van der Waals surface area contributed by atoms with E-state index in [0.717, 1.165) is 33.3 Å². The summed E-state index contributed by atoms with van der Waals surface area (Å²) in [6.45, 7) is 6.29. The molecule has 220 valence electrons. The Morgan fingerprint density at radius 3 is 2.35 bits per heavy atom. The smallest absolute Gasteiger partial charge is 0.478 e. The number of hydrogen-bond acceptors (Lipinski definition) is 3. The molecule has 1 atom stereocenters. The molecule has 43 heavy (non-hydrogen) atoms. The van der Waals surface area contributed by atoms with Crippen LogP contribution in [-0.4, -0.2) is 27.9 Å². The molecule has 4 aromatic carbocycles. The number of carboxylic acid groups (broad SMARTS) is 1. The maximum Gasteiger partial charge on any atom is 0.573 e. The summed E-state index contributed by atoms with van der Waals surface area (Å²) >= 11 is 0. The third-order valence-electron chi connectivity index (χ3n) is 7.60. The van der Waals surface area contributed by atoms with Gasteiger partial charge in [0.2, 0.25) is 0 Å². The fourth-order valence-electron chi connectivity index (χ4n) is 5.23. The molecule has 6 nitrogen and oxygen atoms in total. The van der Waals surface area contributed by atoms with Crippen LogP contribution in [0.2, 0.25) is 0 Å². The number of benzene rings is 4. The number of alkyl halides is 3. The summed E-state index contributed by atoms with van der Waals surface area (Å²) in [5.74, 6) is -1.67. The molecule has 2 N–H and O–H groups in total. The second kappa shape index (κ2) is 11.7. The van der Waals surface area contributed by atoms with Gasteiger partial charge in [-0.2, -0.15) is 0 Å². The SMILES string of the molecule is Cc1c(C)n(Cc2ccc(-c3ccccc3C(=O)O)cc2)c2ccc(C(=O)NC(C)c3cccc(OC(F)(F)F)c3)cc12. The zero-order chi connectivity index (χ0) is 30.9. The molecule has 0 aliphatic carbocycles. The second-order valence-electron chi connectivity index (χ2n) is 10.4. The highest BCUT2D eigenvalue weighted by molar-refractivity contribution is 5.99. The molecule has 1 aromatic heterocycles. The summed E-state index contributed by atoms with van der Waals surface area (Å²) < 4.78 is 44.0. The van der Waals surface area contributed by atoms with Gasteiger partial charge in [0.25, 0.3) is 5.91 Å². The molecule has 0 aliphatic heterocycles. The van der Waals surface area contributed by atoms with E-state index >= 15 is 0 Å². The summed E-state index contributed by atoms with van der Waals surface area (Å²) in [7, 11) is 0. The predicted molar refractivity (Wildman–Crippen MR) is 158 cm³/mol. The van der Waals surface area contributed by atoms with Gasteiger partial charge in [0.1, 0.15) is 5.75 Å². The number of nitrogens with zero attached hydrogens (tertiary/aromatic N) is 1. The molecule has 5 aromatic rings. The van der Waals surface area contributed by atoms with Crippen molar-refractivity contribution in [2.24, 2.45) is 0 Å². The number of fused-ring (bicyclic) bond motifs is 1. The molecular formula is C34H29F3N2O4. The van der Waals surface area contributed by atoms with Crippen LogP contribution in [0.4, 0.5) is 13.2 Å². The quantitative estimate of drug-likeness (QED) is 0.193. The van der Waals surface area contributed by atoms with Crippen molar-refractivity contribution in [1.29, 1.82) is 0 Å². The summed E-state index contributed by atoms with van der Waals surface area (Å²) in [6.07, 6.45) is -4.80. The number of amides is 1. The number of nitrogens with one attached hydrogen (secondary N) is 1. The third-order valence-corrected chi connectivity index (χ3v) is 7.60. The van der Waals surface area contributed by atoms with Crippen molar-refractivity contribution in [3.8, 4) is 16.9 Å². The van der Waals surface area contributed by atoms with E-state index in [9.17, 15) is 27.9 Å². The number of aromatic nitrogens is 1. The number of ether oxygens (including phenoxy) is 1. The van der Waals surface area contributed by atoms with Crippen LogP contribution in [0.1, 0.15) is 56.1 Å². The first-order valence-corrected chi connectivity index (χ1v) is 13.6. The summed E-state index contributed by atoms with van der Waals surface area (Å²) in [5.41, 5.74) is 6.69. The molecule has 5 rings (SSSR count). The van der Waals surface area contributed by atoms with Gasteiger partial charge in [-0.1, -0.05) is 54.6 Å². The maximum atomic E-state index is 13.1. The molecule has 1 heterocycles. The normalized spacial score (nSPS) is 12.2. The van der Waals surface area contributed by atoms with Crippen molar-refractivity contribution in [2.75, 3.05) is 0 Å². The zero-order valence-electron chi connectivity index (χ0n) is 23.7. The zero-order valence-corrected chi connectivity index (χ0v) is 23.7. The summed E-state index contributed by atoms with van der Waals surface area (Å²) in [5, 5.41) is 13.3. The number of aromatic carboxylic acids is 1. The fraction of sp³-hybridized carbons (Fsp3) is 0.176. The Bertz CT molecular complexity index is 1820. The van der Waals surface area contributed by atoms with E-state index in [1.54, 1.807) is 37.3 Å². The van der Waals surface area contributed by atoms with Crippen LogP contribution in [0, 0.1) is 13.8 Å². The fourth-order valence-corrected chi connectivity index (χ4v) is 5.23. The van der Waals surface area contributed by atoms with Crippen LogP contribution in [0.25, 0.3) is 22.0 Å². The van der Waals surface area contributed by atoms with Crippen LogP contribution >= 0.6 is 0 Å². The summed E-state index contributed by atoms with van der Waals surface area (Å²) in [4.78, 5) is 24.8. The number of halogens is 3. The number of aryl methyl sites for hydroxylation is 1. The minimum absolute atomic E-state index is 0.247. The minimum atomic E-state index is -4.80. The van der Waals surface area contributed by atoms with E-state index in [1.807, 2.05) is 56.3 Å². The standard InChI is InChI=1S/C34H29F3N2O4/c1-20-22(3)39(19-23-11-13-24(14-12-23)28-9-4-5-10-29(28)33(41)42)31-16-15-26(18-30(20)31)32(40)38-21(2)25-7-6-8-27(17-25)43-34(35,36)37/h4-18,21H,19H2,1-3H3,(H,38,40)(H,41,42). The highest BCUT2D eigenvalue weighted by atomic mass is 19.4. The van der Waals surface area contributed by atoms with Crippen molar-refractivity contribution in [3.63, 3.8) is 0 Å². The highest BCUT2D eigenvalue weighted by Crippen LogP contribution is 2.30. The van der Waals surface area contributed by atoms with Crippen LogP contribution in [0.15, 0.2) is 91.0 Å². The van der Waals surface area contributed by atoms with E-state index in [1.165, 1.54) is 18.2 Å². The molecule has 0 aliphatic rings. The van der Waals surface area contributed by atoms with Gasteiger partial charge in [-0.25, -0.2) is 4.79 Å². The topological polar surface area (TPSA) is 80.6 Å². The number of carboxylic acids is 1. The monoisotopic (exact) mass is 586 g/mol. The van der Waals surface area contributed by atoms with E-state index < -0.39 is 18.4 Å². The largest absolute Gasteiger partial charge is 0.573 e. The van der Waals surface area contributed by atoms with Gasteiger partial charge in [0.05, 0.1) is 11.6 Å². The van der Waals surface area contributed by atoms with E-state index in [4.69, 9.17) is 0 Å². The Morgan fingerprint density at radius 1 is 0.930 bits per heavy atom. The number of carbonyl (C=O) groups excluding carboxylic acids is 1. The molecule has 0 fully saturated rings. The van der Waals surface area contributed by atoms with Gasteiger partial charge in [-0.3, -0.25) is 4.79 Å². The van der Waals surface area contributed by atoms with Crippen molar-refractivity contribution >= 4 is 22.8 Å². The van der Waals surface area contributed by atoms with Crippen molar-refractivity contribution in [2.45, 2.75) is 39.7 Å². The first-order valence-electron chi connectivity index (χ1n) is 13.6. The van der Waals surface area contributed by atoms with Gasteiger partial charge in [-0.15, -0.1) is 13.2 Å². The number of hydrogen-bond donors (Lipinski definition) is 2. The highest BCUT2D eigenvalue weighted by Gasteiger charge is 2.31. The number of rotatable bonds is 8. The van der Waals surface area contributed by atoms with Crippen molar-refractivity contribution in [1.82, 2.24) is 9.88 Å². The van der Waals surface area contributed by atoms with Crippen molar-refractivity contribution in [3.05, 3.63) is 125 Å². The Balaban J connectivity index is 1.35. The molecule has 0 radical (unpaired) electrons. The molecule has 0 saturated carbocycles. The molecule has 1 amide bonds. The first kappa shape index (κ1) is 29.4. The van der Waals surface area contributed by atoms with Crippen LogP contribution in [0.3, 0.4) is 0 Å². The maximum absolute atomic E-state index is 13.1. The average molecular weight is 587 g/mol. The molecule has 1 unspecified atom stereocenters. The molecule has 0 bridgehead atoms. The summed E-state index contributed by atoms with van der Waals surface area (Å²) in [6, 6.07) is 25.1. The van der Waals surface area contributed by atoms with Gasteiger partial charge in [0.15, 0.2) is 0 Å². The van der Waals surface area contributed by atoms with E-state index in [2.05, 4.69) is 14.6 Å². The van der Waals surface area contributed by atoms with E-state index in [-0.39, 0.29) is 17.2 Å². The Kier molecular flexibility index (Phi) is 8.00. The average Bonchev–Trinajstić information content (AvgIpc) is 3.21. The molecule has 9 heteroatoms. The van der Waals surface area contributed by atoms with Crippen LogP contribution in [-0.2, 0) is 6.54 Å². The number of carbonyl (C=O) groups is 2. The van der Waals surface area contributed by atoms with Crippen LogP contribution in [0.5, 0.6) is 5.75 Å². The Hall–Kier alpha value is -5.05. The molecule has 0 spiro atoms. The second-order valence-corrected chi connectivity index (χ2v) is 10.4. The van der Waals surface area contributed by atoms with Gasteiger partial charge in [-0.05, 0) is 85.0 Å². The lowest BCUT2D eigenvalue weighted by molar-refractivity contribution is -0.274. The lowest BCUT2D eigenvalue weighted by Crippen LogP contribution is -2.26. The van der Waals surface area contributed by atoms with Crippen LogP contribution < -0.4 is 10.1 Å².